The van der Waals surface area contributed by atoms with Crippen LogP contribution in [0.5, 0.6) is 0 Å². The third-order valence-corrected chi connectivity index (χ3v) is 3.93. The van der Waals surface area contributed by atoms with Crippen molar-refractivity contribution < 1.29 is 4.79 Å². The van der Waals surface area contributed by atoms with Gasteiger partial charge in [0.05, 0.1) is 10.5 Å². The Hall–Kier alpha value is -1.21. The molecule has 1 amide bonds. The molecule has 2 rings (SSSR count). The number of nitrogens with two attached hydrogens (primary N) is 1. The van der Waals surface area contributed by atoms with Crippen molar-refractivity contribution >= 4 is 27.8 Å². The molecule has 1 aliphatic heterocycles. The summed E-state index contributed by atoms with van der Waals surface area (Å²) in [6.45, 7) is 6.98. The van der Waals surface area contributed by atoms with E-state index in [9.17, 15) is 4.79 Å². The van der Waals surface area contributed by atoms with Crippen LogP contribution in [0, 0.1) is 5.92 Å². The van der Waals surface area contributed by atoms with Crippen LogP contribution in [0.15, 0.2) is 16.9 Å². The predicted molar refractivity (Wildman–Crippen MR) is 86.0 cm³/mol. The zero-order valence-corrected chi connectivity index (χ0v) is 14.1. The van der Waals surface area contributed by atoms with Gasteiger partial charge in [0.15, 0.2) is 0 Å². The van der Waals surface area contributed by atoms with E-state index in [0.29, 0.717) is 25.0 Å². The molecule has 1 fully saturated rings. The smallest absolute Gasteiger partial charge is 0.239 e. The van der Waals surface area contributed by atoms with Crippen molar-refractivity contribution in [3.63, 3.8) is 0 Å². The summed E-state index contributed by atoms with van der Waals surface area (Å²) >= 11 is 3.32. The number of amides is 1. The fourth-order valence-corrected chi connectivity index (χ4v) is 2.64. The van der Waals surface area contributed by atoms with Crippen molar-refractivity contribution in [1.29, 1.82) is 0 Å². The third kappa shape index (κ3) is 4.38. The second-order valence-corrected chi connectivity index (χ2v) is 6.67. The van der Waals surface area contributed by atoms with Gasteiger partial charge in [-0.25, -0.2) is 9.97 Å². The Balaban J connectivity index is 1.88. The molecule has 2 N–H and O–H groups in total. The molecule has 1 saturated heterocycles. The van der Waals surface area contributed by atoms with Gasteiger partial charge in [-0.1, -0.05) is 13.8 Å². The van der Waals surface area contributed by atoms with Gasteiger partial charge in [-0.3, -0.25) is 4.79 Å². The number of aromatic nitrogens is 2. The quantitative estimate of drug-likeness (QED) is 0.879. The van der Waals surface area contributed by atoms with E-state index >= 15 is 0 Å². The zero-order valence-electron chi connectivity index (χ0n) is 12.5. The van der Waals surface area contributed by atoms with Crippen LogP contribution >= 0.6 is 15.9 Å². The Labute approximate surface area is 133 Å². The molecular formula is C14H22BrN5O. The summed E-state index contributed by atoms with van der Waals surface area (Å²) in [5.41, 5.74) is 5.98. The molecular weight excluding hydrogens is 334 g/mol. The standard InChI is InChI=1S/C14H22BrN5O/c1-10(2)7-12(16)13(21)19-3-5-20(6-4-19)14-17-8-11(15)9-18-14/h8-10,12H,3-7,16H2,1-2H3. The average molecular weight is 356 g/mol. The first kappa shape index (κ1) is 16.2. The summed E-state index contributed by atoms with van der Waals surface area (Å²) in [5.74, 6) is 1.19. The Morgan fingerprint density at radius 3 is 2.38 bits per heavy atom. The fraction of sp³-hybridized carbons (Fsp3) is 0.643. The van der Waals surface area contributed by atoms with Crippen molar-refractivity contribution in [2.45, 2.75) is 26.3 Å². The Bertz CT molecular complexity index is 471. The van der Waals surface area contributed by atoms with E-state index in [4.69, 9.17) is 5.73 Å². The van der Waals surface area contributed by atoms with Gasteiger partial charge >= 0.3 is 0 Å². The predicted octanol–water partition coefficient (Wildman–Crippen LogP) is 1.26. The van der Waals surface area contributed by atoms with Crippen LogP contribution in [0.1, 0.15) is 20.3 Å². The number of hydrogen-bond donors (Lipinski definition) is 1. The van der Waals surface area contributed by atoms with E-state index in [1.807, 2.05) is 4.90 Å². The van der Waals surface area contributed by atoms with E-state index in [1.54, 1.807) is 12.4 Å². The molecule has 1 aliphatic rings. The normalized spacial score (nSPS) is 17.2. The number of carbonyl (C=O) groups excluding carboxylic acids is 1. The SMILES string of the molecule is CC(C)CC(N)C(=O)N1CCN(c2ncc(Br)cn2)CC1. The Morgan fingerprint density at radius 2 is 1.86 bits per heavy atom. The summed E-state index contributed by atoms with van der Waals surface area (Å²) in [4.78, 5) is 24.8. The molecule has 1 aromatic heterocycles. The maximum atomic E-state index is 12.3. The molecule has 1 atom stereocenters. The van der Waals surface area contributed by atoms with Gasteiger partial charge in [0.1, 0.15) is 0 Å². The highest BCUT2D eigenvalue weighted by molar-refractivity contribution is 9.10. The number of carbonyl (C=O) groups is 1. The molecule has 0 spiro atoms. The van der Waals surface area contributed by atoms with E-state index in [0.717, 1.165) is 24.0 Å². The molecule has 21 heavy (non-hydrogen) atoms. The van der Waals surface area contributed by atoms with Gasteiger partial charge in [0.2, 0.25) is 11.9 Å². The number of anilines is 1. The van der Waals surface area contributed by atoms with Crippen LogP contribution in [-0.4, -0.2) is 53.0 Å². The van der Waals surface area contributed by atoms with Crippen molar-refractivity contribution in [2.75, 3.05) is 31.1 Å². The highest BCUT2D eigenvalue weighted by atomic mass is 79.9. The fourth-order valence-electron chi connectivity index (χ4n) is 2.44. The van der Waals surface area contributed by atoms with Crippen molar-refractivity contribution in [3.05, 3.63) is 16.9 Å². The lowest BCUT2D eigenvalue weighted by atomic mass is 10.0. The van der Waals surface area contributed by atoms with E-state index < -0.39 is 0 Å². The monoisotopic (exact) mass is 355 g/mol. The van der Waals surface area contributed by atoms with Crippen LogP contribution in [0.25, 0.3) is 0 Å². The first-order valence-electron chi connectivity index (χ1n) is 7.24. The second kappa shape index (κ2) is 7.17. The molecule has 0 saturated carbocycles. The second-order valence-electron chi connectivity index (χ2n) is 5.75. The minimum absolute atomic E-state index is 0.0556. The molecule has 6 nitrogen and oxygen atoms in total. The summed E-state index contributed by atoms with van der Waals surface area (Å²) in [6.07, 6.45) is 4.20. The van der Waals surface area contributed by atoms with E-state index in [2.05, 4.69) is 44.6 Å². The van der Waals surface area contributed by atoms with Crippen molar-refractivity contribution in [1.82, 2.24) is 14.9 Å². The first-order chi connectivity index (χ1) is 9.97. The maximum absolute atomic E-state index is 12.3. The minimum atomic E-state index is -0.388. The van der Waals surface area contributed by atoms with Crippen LogP contribution in [0.4, 0.5) is 5.95 Å². The van der Waals surface area contributed by atoms with Gasteiger partial charge in [0, 0.05) is 38.6 Å². The van der Waals surface area contributed by atoms with Crippen LogP contribution in [-0.2, 0) is 4.79 Å². The topological polar surface area (TPSA) is 75.4 Å². The lowest BCUT2D eigenvalue weighted by molar-refractivity contribution is -0.133. The Morgan fingerprint density at radius 1 is 1.29 bits per heavy atom. The molecule has 116 valence electrons. The number of halogens is 1. The number of rotatable bonds is 4. The summed E-state index contributed by atoms with van der Waals surface area (Å²) in [6, 6.07) is -0.388. The highest BCUT2D eigenvalue weighted by Gasteiger charge is 2.26. The molecule has 1 aromatic rings. The van der Waals surface area contributed by atoms with Crippen molar-refractivity contribution in [2.24, 2.45) is 11.7 Å². The number of nitrogens with zero attached hydrogens (tertiary/aromatic N) is 4. The van der Waals surface area contributed by atoms with Gasteiger partial charge in [-0.2, -0.15) is 0 Å². The highest BCUT2D eigenvalue weighted by Crippen LogP contribution is 2.14. The minimum Gasteiger partial charge on any atom is -0.338 e. The van der Waals surface area contributed by atoms with Crippen LogP contribution in [0.3, 0.4) is 0 Å². The zero-order chi connectivity index (χ0) is 15.4. The lowest BCUT2D eigenvalue weighted by Crippen LogP contribution is -2.53. The molecule has 0 bridgehead atoms. The van der Waals surface area contributed by atoms with Gasteiger partial charge < -0.3 is 15.5 Å². The molecule has 0 aliphatic carbocycles. The van der Waals surface area contributed by atoms with Gasteiger partial charge in [0.25, 0.3) is 0 Å². The van der Waals surface area contributed by atoms with Crippen molar-refractivity contribution in [3.8, 4) is 0 Å². The summed E-state index contributed by atoms with van der Waals surface area (Å²) < 4.78 is 0.861. The summed E-state index contributed by atoms with van der Waals surface area (Å²) in [5, 5.41) is 0. The third-order valence-electron chi connectivity index (χ3n) is 3.52. The molecule has 0 aromatic carbocycles. The molecule has 0 radical (unpaired) electrons. The number of hydrogen-bond acceptors (Lipinski definition) is 5. The Kier molecular flexibility index (Phi) is 5.52. The maximum Gasteiger partial charge on any atom is 0.239 e. The number of piperazine rings is 1. The molecule has 7 heteroatoms. The van der Waals surface area contributed by atoms with E-state index in [-0.39, 0.29) is 11.9 Å². The largest absolute Gasteiger partial charge is 0.338 e. The molecule has 1 unspecified atom stereocenters. The average Bonchev–Trinajstić information content (AvgIpc) is 2.47. The van der Waals surface area contributed by atoms with Crippen LogP contribution in [0.2, 0.25) is 0 Å². The lowest BCUT2D eigenvalue weighted by Gasteiger charge is -2.36. The summed E-state index contributed by atoms with van der Waals surface area (Å²) in [7, 11) is 0. The van der Waals surface area contributed by atoms with Gasteiger partial charge in [-0.15, -0.1) is 0 Å². The first-order valence-corrected chi connectivity index (χ1v) is 8.03. The molecule has 2 heterocycles. The van der Waals surface area contributed by atoms with Gasteiger partial charge in [-0.05, 0) is 28.3 Å². The van der Waals surface area contributed by atoms with Crippen LogP contribution < -0.4 is 10.6 Å². The van der Waals surface area contributed by atoms with E-state index in [1.165, 1.54) is 0 Å².